The number of piperidine rings is 1. The minimum atomic E-state index is -0.812. The summed E-state index contributed by atoms with van der Waals surface area (Å²) < 4.78 is 5.50. The molecule has 1 saturated heterocycles. The Morgan fingerprint density at radius 3 is 2.65 bits per heavy atom. The molecule has 0 radical (unpaired) electrons. The van der Waals surface area contributed by atoms with Crippen molar-refractivity contribution in [3.63, 3.8) is 0 Å². The summed E-state index contributed by atoms with van der Waals surface area (Å²) in [6.07, 6.45) is 2.67. The maximum absolute atomic E-state index is 10.3. The smallest absolute Gasteiger partial charge is 0.305 e. The van der Waals surface area contributed by atoms with Gasteiger partial charge in [-0.15, -0.1) is 0 Å². The van der Waals surface area contributed by atoms with Gasteiger partial charge in [0.15, 0.2) is 0 Å². The number of aliphatic carboxylic acids is 1. The third-order valence-electron chi connectivity index (χ3n) is 3.14. The lowest BCUT2D eigenvalue weighted by Gasteiger charge is -2.32. The molecule has 1 aliphatic rings. The number of rotatable bonds is 7. The molecule has 1 aliphatic heterocycles. The number of aliphatic hydroxyl groups excluding tert-OH is 1. The lowest BCUT2D eigenvalue weighted by atomic mass is 10.1. The zero-order chi connectivity index (χ0) is 12.7. The van der Waals surface area contributed by atoms with E-state index >= 15 is 0 Å². The molecule has 1 atom stereocenters. The van der Waals surface area contributed by atoms with Crippen LogP contribution < -0.4 is 0 Å². The lowest BCUT2D eigenvalue weighted by molar-refractivity contribution is -0.138. The molecule has 100 valence electrons. The molecule has 2 N–H and O–H groups in total. The first-order chi connectivity index (χ1) is 8.11. The van der Waals surface area contributed by atoms with Gasteiger partial charge >= 0.3 is 5.97 Å². The van der Waals surface area contributed by atoms with E-state index in [2.05, 4.69) is 4.90 Å². The van der Waals surface area contributed by atoms with Crippen LogP contribution in [0.5, 0.6) is 0 Å². The summed E-state index contributed by atoms with van der Waals surface area (Å²) in [6.45, 7) is 4.87. The standard InChI is InChI=1S/C12H23NO4/c1-2-10(14)9-13-6-3-11(4-7-13)17-8-5-12(15)16/h10-11,14H,2-9H2,1H3,(H,15,16). The van der Waals surface area contributed by atoms with Gasteiger partial charge in [-0.1, -0.05) is 6.92 Å². The van der Waals surface area contributed by atoms with Crippen molar-refractivity contribution in [3.8, 4) is 0 Å². The van der Waals surface area contributed by atoms with Crippen molar-refractivity contribution in [1.29, 1.82) is 0 Å². The largest absolute Gasteiger partial charge is 0.481 e. The molecular weight excluding hydrogens is 222 g/mol. The van der Waals surface area contributed by atoms with Crippen LogP contribution in [0.1, 0.15) is 32.6 Å². The summed E-state index contributed by atoms with van der Waals surface area (Å²) in [6, 6.07) is 0. The topological polar surface area (TPSA) is 70.0 Å². The van der Waals surface area contributed by atoms with Crippen molar-refractivity contribution in [3.05, 3.63) is 0 Å². The number of carbonyl (C=O) groups is 1. The summed E-state index contributed by atoms with van der Waals surface area (Å²) >= 11 is 0. The number of nitrogens with zero attached hydrogens (tertiary/aromatic N) is 1. The van der Waals surface area contributed by atoms with Gasteiger partial charge in [0.1, 0.15) is 0 Å². The zero-order valence-electron chi connectivity index (χ0n) is 10.5. The van der Waals surface area contributed by atoms with Crippen LogP contribution >= 0.6 is 0 Å². The molecule has 0 aromatic carbocycles. The van der Waals surface area contributed by atoms with Crippen molar-refractivity contribution in [2.75, 3.05) is 26.2 Å². The lowest BCUT2D eigenvalue weighted by Crippen LogP contribution is -2.41. The van der Waals surface area contributed by atoms with E-state index in [1.807, 2.05) is 6.92 Å². The normalized spacial score (nSPS) is 20.4. The number of carboxylic acids is 1. The highest BCUT2D eigenvalue weighted by Gasteiger charge is 2.20. The molecule has 1 rings (SSSR count). The number of hydrogen-bond donors (Lipinski definition) is 2. The van der Waals surface area contributed by atoms with Crippen LogP contribution in [0.3, 0.4) is 0 Å². The second-order valence-corrected chi connectivity index (χ2v) is 4.58. The van der Waals surface area contributed by atoms with Crippen LogP contribution in [0.4, 0.5) is 0 Å². The average Bonchev–Trinajstić information content (AvgIpc) is 2.31. The summed E-state index contributed by atoms with van der Waals surface area (Å²) in [5.41, 5.74) is 0. The molecule has 0 spiro atoms. The second kappa shape index (κ2) is 7.63. The van der Waals surface area contributed by atoms with E-state index in [9.17, 15) is 9.90 Å². The molecule has 0 aromatic heterocycles. The Balaban J connectivity index is 2.11. The molecule has 0 amide bonds. The van der Waals surface area contributed by atoms with Crippen molar-refractivity contribution in [1.82, 2.24) is 4.90 Å². The Labute approximate surface area is 102 Å². The highest BCUT2D eigenvalue weighted by molar-refractivity contribution is 5.66. The minimum absolute atomic E-state index is 0.0781. The Hall–Kier alpha value is -0.650. The van der Waals surface area contributed by atoms with Crippen LogP contribution in [0.25, 0.3) is 0 Å². The minimum Gasteiger partial charge on any atom is -0.481 e. The quantitative estimate of drug-likeness (QED) is 0.691. The molecule has 1 unspecified atom stereocenters. The maximum Gasteiger partial charge on any atom is 0.305 e. The number of ether oxygens (including phenoxy) is 1. The first-order valence-electron chi connectivity index (χ1n) is 6.35. The fourth-order valence-electron chi connectivity index (χ4n) is 2.00. The van der Waals surface area contributed by atoms with Crippen LogP contribution in [-0.4, -0.2) is 59.5 Å². The van der Waals surface area contributed by atoms with Gasteiger partial charge < -0.3 is 19.8 Å². The maximum atomic E-state index is 10.3. The van der Waals surface area contributed by atoms with Crippen LogP contribution in [0, 0.1) is 0 Å². The van der Waals surface area contributed by atoms with Crippen molar-refractivity contribution in [2.24, 2.45) is 0 Å². The number of carboxylic acid groups (broad SMARTS) is 1. The predicted octanol–water partition coefficient (Wildman–Crippen LogP) is 0.713. The van der Waals surface area contributed by atoms with Gasteiger partial charge in [0.2, 0.25) is 0 Å². The molecule has 1 heterocycles. The van der Waals surface area contributed by atoms with Gasteiger partial charge in [-0.3, -0.25) is 4.79 Å². The van der Waals surface area contributed by atoms with E-state index in [4.69, 9.17) is 9.84 Å². The Bertz CT molecular complexity index is 227. The van der Waals surface area contributed by atoms with Crippen LogP contribution in [0.15, 0.2) is 0 Å². The second-order valence-electron chi connectivity index (χ2n) is 4.58. The van der Waals surface area contributed by atoms with Crippen molar-refractivity contribution < 1.29 is 19.7 Å². The Morgan fingerprint density at radius 1 is 1.47 bits per heavy atom. The molecule has 0 aromatic rings. The summed E-state index contributed by atoms with van der Waals surface area (Å²) in [5.74, 6) is -0.812. The Morgan fingerprint density at radius 2 is 2.12 bits per heavy atom. The number of hydrogen-bond acceptors (Lipinski definition) is 4. The number of likely N-dealkylation sites (tertiary alicyclic amines) is 1. The summed E-state index contributed by atoms with van der Waals surface area (Å²) in [5, 5.41) is 18.0. The molecular formula is C12H23NO4. The molecule has 5 heteroatoms. The molecule has 0 bridgehead atoms. The molecule has 0 saturated carbocycles. The van der Waals surface area contributed by atoms with Gasteiger partial charge in [-0.2, -0.15) is 0 Å². The molecule has 17 heavy (non-hydrogen) atoms. The van der Waals surface area contributed by atoms with Gasteiger partial charge in [-0.05, 0) is 19.3 Å². The fourth-order valence-corrected chi connectivity index (χ4v) is 2.00. The first kappa shape index (κ1) is 14.4. The van der Waals surface area contributed by atoms with Crippen LogP contribution in [-0.2, 0) is 9.53 Å². The third kappa shape index (κ3) is 6.00. The van der Waals surface area contributed by atoms with Crippen molar-refractivity contribution in [2.45, 2.75) is 44.8 Å². The molecule has 0 aliphatic carbocycles. The van der Waals surface area contributed by atoms with Gasteiger partial charge in [-0.25, -0.2) is 0 Å². The van der Waals surface area contributed by atoms with E-state index in [0.717, 1.165) is 38.9 Å². The SMILES string of the molecule is CCC(O)CN1CCC(OCCC(=O)O)CC1. The zero-order valence-corrected chi connectivity index (χ0v) is 10.5. The van der Waals surface area contributed by atoms with Gasteiger partial charge in [0, 0.05) is 19.6 Å². The van der Waals surface area contributed by atoms with Gasteiger partial charge in [0.25, 0.3) is 0 Å². The summed E-state index contributed by atoms with van der Waals surface area (Å²) in [4.78, 5) is 12.6. The van der Waals surface area contributed by atoms with E-state index in [-0.39, 0.29) is 18.6 Å². The highest BCUT2D eigenvalue weighted by atomic mass is 16.5. The first-order valence-corrected chi connectivity index (χ1v) is 6.35. The van der Waals surface area contributed by atoms with Gasteiger partial charge in [0.05, 0.1) is 25.2 Å². The summed E-state index contributed by atoms with van der Waals surface area (Å²) in [7, 11) is 0. The number of aliphatic hydroxyl groups is 1. The van der Waals surface area contributed by atoms with Crippen molar-refractivity contribution >= 4 is 5.97 Å². The number of β-amino-alcohol motifs (C(OH)–C–C–N with tert-alkyl or cyclic N) is 1. The predicted molar refractivity (Wildman–Crippen MR) is 64.0 cm³/mol. The van der Waals surface area contributed by atoms with E-state index < -0.39 is 5.97 Å². The molecule has 1 fully saturated rings. The average molecular weight is 245 g/mol. The Kier molecular flexibility index (Phi) is 6.47. The van der Waals surface area contributed by atoms with E-state index in [1.165, 1.54) is 0 Å². The third-order valence-corrected chi connectivity index (χ3v) is 3.14. The van der Waals surface area contributed by atoms with E-state index in [1.54, 1.807) is 0 Å². The fraction of sp³-hybridized carbons (Fsp3) is 0.917. The highest BCUT2D eigenvalue weighted by Crippen LogP contribution is 2.14. The van der Waals surface area contributed by atoms with Crippen LogP contribution in [0.2, 0.25) is 0 Å². The molecule has 5 nitrogen and oxygen atoms in total. The monoisotopic (exact) mass is 245 g/mol. The van der Waals surface area contributed by atoms with E-state index in [0.29, 0.717) is 6.61 Å².